The maximum Gasteiger partial charge on any atom is 0.237 e. The molecule has 78 valence electrons. The molecule has 0 saturated carbocycles. The number of carbonyl (C=O) groups excluding carboxylic acids is 2. The van der Waals surface area contributed by atoms with E-state index in [4.69, 9.17) is 0 Å². The molecule has 0 spiro atoms. The Bertz CT molecular complexity index is 223. The first-order valence-electron chi connectivity index (χ1n) is 4.90. The van der Waals surface area contributed by atoms with E-state index in [2.05, 4.69) is 16.9 Å². The zero-order chi connectivity index (χ0) is 10.8. The first-order valence-corrected chi connectivity index (χ1v) is 4.90. The van der Waals surface area contributed by atoms with Crippen LogP contribution in [0.4, 0.5) is 0 Å². The summed E-state index contributed by atoms with van der Waals surface area (Å²) < 4.78 is 0. The number of rotatable bonds is 7. The van der Waals surface area contributed by atoms with Crippen LogP contribution >= 0.6 is 0 Å². The third-order valence-electron chi connectivity index (χ3n) is 2.14. The van der Waals surface area contributed by atoms with Gasteiger partial charge in [0.05, 0.1) is 0 Å². The van der Waals surface area contributed by atoms with Crippen molar-refractivity contribution in [2.75, 3.05) is 0 Å². The second-order valence-electron chi connectivity index (χ2n) is 3.33. The van der Waals surface area contributed by atoms with E-state index in [1.807, 2.05) is 6.92 Å². The van der Waals surface area contributed by atoms with Gasteiger partial charge in [0.15, 0.2) is 6.17 Å². The molecule has 0 aliphatic rings. The lowest BCUT2D eigenvalue weighted by Crippen LogP contribution is -2.12. The Morgan fingerprint density at radius 3 is 2.14 bits per heavy atom. The Labute approximate surface area is 84.1 Å². The van der Waals surface area contributed by atoms with E-state index in [1.54, 1.807) is 0 Å². The molecule has 0 aliphatic heterocycles. The number of isocyanates is 2. The first kappa shape index (κ1) is 12.8. The van der Waals surface area contributed by atoms with Crippen molar-refractivity contribution in [3.63, 3.8) is 0 Å². The van der Waals surface area contributed by atoms with Gasteiger partial charge in [-0.2, -0.15) is 9.98 Å². The monoisotopic (exact) mass is 196 g/mol. The van der Waals surface area contributed by atoms with E-state index in [0.717, 1.165) is 25.7 Å². The normalized spacial score (nSPS) is 13.6. The SMILES string of the molecule is CCCCCC(C)C(N=C=O)N=C=O. The Morgan fingerprint density at radius 1 is 1.14 bits per heavy atom. The van der Waals surface area contributed by atoms with Gasteiger partial charge in [0.2, 0.25) is 12.2 Å². The van der Waals surface area contributed by atoms with Crippen molar-refractivity contribution < 1.29 is 9.59 Å². The fourth-order valence-electron chi connectivity index (χ4n) is 1.26. The van der Waals surface area contributed by atoms with Crippen molar-refractivity contribution >= 4 is 12.2 Å². The summed E-state index contributed by atoms with van der Waals surface area (Å²) in [6.07, 6.45) is 6.52. The molecule has 14 heavy (non-hydrogen) atoms. The van der Waals surface area contributed by atoms with Crippen LogP contribution < -0.4 is 0 Å². The summed E-state index contributed by atoms with van der Waals surface area (Å²) in [4.78, 5) is 27.0. The lowest BCUT2D eigenvalue weighted by atomic mass is 10.0. The van der Waals surface area contributed by atoms with Crippen LogP contribution in [0.5, 0.6) is 0 Å². The zero-order valence-electron chi connectivity index (χ0n) is 8.69. The molecule has 4 nitrogen and oxygen atoms in total. The van der Waals surface area contributed by atoms with Crippen LogP contribution in [0.1, 0.15) is 39.5 Å². The van der Waals surface area contributed by atoms with E-state index < -0.39 is 6.17 Å². The van der Waals surface area contributed by atoms with Crippen molar-refractivity contribution in [3.8, 4) is 0 Å². The average Bonchev–Trinajstić information content (AvgIpc) is 2.18. The smallest absolute Gasteiger partial charge is 0.211 e. The van der Waals surface area contributed by atoms with Crippen LogP contribution in [0.3, 0.4) is 0 Å². The minimum absolute atomic E-state index is 0.101. The largest absolute Gasteiger partial charge is 0.237 e. The van der Waals surface area contributed by atoms with Crippen molar-refractivity contribution in [1.29, 1.82) is 0 Å². The summed E-state index contributed by atoms with van der Waals surface area (Å²) in [6.45, 7) is 4.04. The molecule has 4 heteroatoms. The molecule has 0 radical (unpaired) electrons. The molecule has 0 bridgehead atoms. The molecule has 0 aliphatic carbocycles. The van der Waals surface area contributed by atoms with Crippen molar-refractivity contribution in [2.24, 2.45) is 15.9 Å². The molecular weight excluding hydrogens is 180 g/mol. The molecule has 0 aromatic heterocycles. The molecule has 0 aromatic carbocycles. The fourth-order valence-corrected chi connectivity index (χ4v) is 1.26. The van der Waals surface area contributed by atoms with Crippen LogP contribution in [0.15, 0.2) is 9.98 Å². The van der Waals surface area contributed by atoms with Gasteiger partial charge in [-0.3, -0.25) is 0 Å². The highest BCUT2D eigenvalue weighted by Crippen LogP contribution is 2.16. The van der Waals surface area contributed by atoms with E-state index in [-0.39, 0.29) is 5.92 Å². The van der Waals surface area contributed by atoms with Gasteiger partial charge < -0.3 is 0 Å². The van der Waals surface area contributed by atoms with Crippen LogP contribution in [-0.2, 0) is 9.59 Å². The van der Waals surface area contributed by atoms with Crippen LogP contribution in [0, 0.1) is 5.92 Å². The quantitative estimate of drug-likeness (QED) is 0.356. The second-order valence-corrected chi connectivity index (χ2v) is 3.33. The molecule has 0 amide bonds. The number of hydrogen-bond acceptors (Lipinski definition) is 4. The summed E-state index contributed by atoms with van der Waals surface area (Å²) in [7, 11) is 0. The summed E-state index contributed by atoms with van der Waals surface area (Å²) in [5, 5.41) is 0. The van der Waals surface area contributed by atoms with Gasteiger partial charge >= 0.3 is 0 Å². The fraction of sp³-hybridized carbons (Fsp3) is 0.800. The van der Waals surface area contributed by atoms with Crippen molar-refractivity contribution in [2.45, 2.75) is 45.7 Å². The molecule has 0 saturated heterocycles. The van der Waals surface area contributed by atoms with Gasteiger partial charge in [-0.1, -0.05) is 33.1 Å². The predicted octanol–water partition coefficient (Wildman–Crippen LogP) is 2.20. The van der Waals surface area contributed by atoms with Crippen LogP contribution in [-0.4, -0.2) is 18.3 Å². The van der Waals surface area contributed by atoms with E-state index in [1.165, 1.54) is 12.2 Å². The maximum absolute atomic E-state index is 10.0. The minimum Gasteiger partial charge on any atom is -0.211 e. The van der Waals surface area contributed by atoms with Gasteiger partial charge in [-0.05, 0) is 6.42 Å². The topological polar surface area (TPSA) is 58.9 Å². The molecule has 0 heterocycles. The first-order chi connectivity index (χ1) is 6.76. The summed E-state index contributed by atoms with van der Waals surface area (Å²) in [6, 6.07) is 0. The average molecular weight is 196 g/mol. The summed E-state index contributed by atoms with van der Waals surface area (Å²) in [5.74, 6) is 0.101. The molecule has 0 aromatic rings. The van der Waals surface area contributed by atoms with Gasteiger partial charge in [0, 0.05) is 5.92 Å². The molecule has 0 fully saturated rings. The molecule has 0 rings (SSSR count). The molecule has 1 atom stereocenters. The summed E-state index contributed by atoms with van der Waals surface area (Å²) >= 11 is 0. The van der Waals surface area contributed by atoms with Crippen LogP contribution in [0.25, 0.3) is 0 Å². The number of aliphatic imine (C=N–C) groups is 2. The van der Waals surface area contributed by atoms with E-state index >= 15 is 0 Å². The maximum atomic E-state index is 10.0. The Morgan fingerprint density at radius 2 is 1.71 bits per heavy atom. The van der Waals surface area contributed by atoms with Gasteiger partial charge in [-0.15, -0.1) is 0 Å². The highest BCUT2D eigenvalue weighted by molar-refractivity contribution is 5.37. The lowest BCUT2D eigenvalue weighted by Gasteiger charge is -2.12. The standard InChI is InChI=1S/C10H16N2O2/c1-3-4-5-6-9(2)10(11-7-13)12-8-14/h9-10H,3-6H2,1-2H3. The highest BCUT2D eigenvalue weighted by Gasteiger charge is 2.14. The third kappa shape index (κ3) is 5.41. The van der Waals surface area contributed by atoms with E-state index in [0.29, 0.717) is 0 Å². The van der Waals surface area contributed by atoms with Gasteiger partial charge in [-0.25, -0.2) is 9.59 Å². The second kappa shape index (κ2) is 8.36. The molecular formula is C10H16N2O2. The number of nitrogens with zero attached hydrogens (tertiary/aromatic N) is 2. The Kier molecular flexibility index (Phi) is 7.62. The van der Waals surface area contributed by atoms with Crippen molar-refractivity contribution in [3.05, 3.63) is 0 Å². The number of hydrogen-bond donors (Lipinski definition) is 0. The third-order valence-corrected chi connectivity index (χ3v) is 2.14. The highest BCUT2D eigenvalue weighted by atomic mass is 16.1. The van der Waals surface area contributed by atoms with Crippen molar-refractivity contribution in [1.82, 2.24) is 0 Å². The van der Waals surface area contributed by atoms with Gasteiger partial charge in [0.25, 0.3) is 0 Å². The Balaban J connectivity index is 4.07. The zero-order valence-corrected chi connectivity index (χ0v) is 8.69. The molecule has 0 N–H and O–H groups in total. The summed E-state index contributed by atoms with van der Waals surface area (Å²) in [5.41, 5.74) is 0. The van der Waals surface area contributed by atoms with E-state index in [9.17, 15) is 9.59 Å². The molecule has 1 unspecified atom stereocenters. The van der Waals surface area contributed by atoms with Crippen LogP contribution in [0.2, 0.25) is 0 Å². The lowest BCUT2D eigenvalue weighted by molar-refractivity contribution is 0.415. The number of unbranched alkanes of at least 4 members (excludes halogenated alkanes) is 2. The Hall–Kier alpha value is -1.24. The predicted molar refractivity (Wildman–Crippen MR) is 53.3 cm³/mol. The van der Waals surface area contributed by atoms with Gasteiger partial charge in [0.1, 0.15) is 0 Å². The minimum atomic E-state index is -0.596.